The van der Waals surface area contributed by atoms with Gasteiger partial charge < -0.3 is 9.73 Å². The number of benzene rings is 2. The number of amidine groups is 1. The second-order valence-electron chi connectivity index (χ2n) is 5.53. The first-order valence-corrected chi connectivity index (χ1v) is 9.49. The van der Waals surface area contributed by atoms with E-state index in [1.54, 1.807) is 6.08 Å². The molecule has 128 valence electrons. The number of aliphatic imine (C=N–C) groups is 1. The molecule has 0 radical (unpaired) electrons. The van der Waals surface area contributed by atoms with Gasteiger partial charge in [0.1, 0.15) is 11.5 Å². The minimum Gasteiger partial charge on any atom is -0.457 e. The topological polar surface area (TPSA) is 54.6 Å². The molecular formula is C20H13BrN2O2S. The zero-order valence-corrected chi connectivity index (χ0v) is 15.9. The van der Waals surface area contributed by atoms with Gasteiger partial charge in [-0.2, -0.15) is 0 Å². The minimum absolute atomic E-state index is 0.176. The normalized spacial score (nSPS) is 17.0. The van der Waals surface area contributed by atoms with E-state index >= 15 is 0 Å². The van der Waals surface area contributed by atoms with Crippen molar-refractivity contribution in [3.8, 4) is 11.3 Å². The van der Waals surface area contributed by atoms with E-state index < -0.39 is 0 Å². The lowest BCUT2D eigenvalue weighted by molar-refractivity contribution is -0.115. The Kier molecular flexibility index (Phi) is 4.77. The summed E-state index contributed by atoms with van der Waals surface area (Å²) in [5.41, 5.74) is 1.77. The molecule has 0 saturated carbocycles. The van der Waals surface area contributed by atoms with Crippen LogP contribution in [0.4, 0.5) is 5.69 Å². The van der Waals surface area contributed by atoms with Crippen molar-refractivity contribution in [1.29, 1.82) is 0 Å². The Hall–Kier alpha value is -2.57. The molecule has 1 aromatic heterocycles. The van der Waals surface area contributed by atoms with Crippen molar-refractivity contribution in [2.75, 3.05) is 0 Å². The number of amides is 1. The molecular weight excluding hydrogens is 412 g/mol. The van der Waals surface area contributed by atoms with Gasteiger partial charge in [-0.15, -0.1) is 0 Å². The Bertz CT molecular complexity index is 1030. The second kappa shape index (κ2) is 7.35. The lowest BCUT2D eigenvalue weighted by Gasteiger charge is -1.97. The van der Waals surface area contributed by atoms with Gasteiger partial charge in [-0.3, -0.25) is 4.79 Å². The highest BCUT2D eigenvalue weighted by molar-refractivity contribution is 9.10. The number of rotatable bonds is 3. The van der Waals surface area contributed by atoms with E-state index in [-0.39, 0.29) is 5.91 Å². The molecule has 1 saturated heterocycles. The number of carbonyl (C=O) groups excluding carboxylic acids is 1. The van der Waals surface area contributed by atoms with Gasteiger partial charge in [0.25, 0.3) is 5.91 Å². The van der Waals surface area contributed by atoms with Crippen LogP contribution >= 0.6 is 27.7 Å². The molecule has 26 heavy (non-hydrogen) atoms. The lowest BCUT2D eigenvalue weighted by atomic mass is 10.2. The average molecular weight is 425 g/mol. The van der Waals surface area contributed by atoms with Gasteiger partial charge in [-0.1, -0.05) is 46.3 Å². The third-order valence-electron chi connectivity index (χ3n) is 3.65. The zero-order chi connectivity index (χ0) is 17.9. The van der Waals surface area contributed by atoms with Gasteiger partial charge in [-0.05, 0) is 48.2 Å². The first kappa shape index (κ1) is 16.9. The molecule has 1 amide bonds. The third-order valence-corrected chi connectivity index (χ3v) is 5.05. The molecule has 1 aliphatic heterocycles. The Morgan fingerprint density at radius 1 is 1.04 bits per heavy atom. The molecule has 0 spiro atoms. The molecule has 6 heteroatoms. The maximum atomic E-state index is 12.2. The van der Waals surface area contributed by atoms with Gasteiger partial charge in [0.15, 0.2) is 5.17 Å². The van der Waals surface area contributed by atoms with Crippen LogP contribution in [-0.2, 0) is 4.79 Å². The Morgan fingerprint density at radius 2 is 1.88 bits per heavy atom. The predicted molar refractivity (Wildman–Crippen MR) is 109 cm³/mol. The summed E-state index contributed by atoms with van der Waals surface area (Å²) < 4.78 is 6.84. The molecule has 3 aromatic rings. The smallest absolute Gasteiger partial charge is 0.264 e. The molecule has 1 aliphatic rings. The SMILES string of the molecule is O=C1NC(=Nc2ccccc2)S/C1=C/c1ccc(-c2cccc(Br)c2)o1. The number of thioether (sulfide) groups is 1. The zero-order valence-electron chi connectivity index (χ0n) is 13.5. The summed E-state index contributed by atoms with van der Waals surface area (Å²) >= 11 is 4.75. The number of furan rings is 1. The predicted octanol–water partition coefficient (Wildman–Crippen LogP) is 5.60. The molecule has 1 fully saturated rings. The summed E-state index contributed by atoms with van der Waals surface area (Å²) in [5.74, 6) is 1.20. The highest BCUT2D eigenvalue weighted by Gasteiger charge is 2.24. The van der Waals surface area contributed by atoms with Gasteiger partial charge in [0.05, 0.1) is 10.6 Å². The Labute approximate surface area is 163 Å². The standard InChI is InChI=1S/C20H13BrN2O2S/c21-14-6-4-5-13(11-14)17-10-9-16(25-17)12-18-19(24)23-20(26-18)22-15-7-2-1-3-8-15/h1-12H,(H,22,23,24)/b18-12+. The van der Waals surface area contributed by atoms with Crippen molar-refractivity contribution in [3.63, 3.8) is 0 Å². The largest absolute Gasteiger partial charge is 0.457 e. The lowest BCUT2D eigenvalue weighted by Crippen LogP contribution is -2.19. The summed E-state index contributed by atoms with van der Waals surface area (Å²) in [6.45, 7) is 0. The number of para-hydroxylation sites is 1. The van der Waals surface area contributed by atoms with Gasteiger partial charge >= 0.3 is 0 Å². The fourth-order valence-electron chi connectivity index (χ4n) is 2.46. The summed E-state index contributed by atoms with van der Waals surface area (Å²) in [6.07, 6.45) is 1.73. The van der Waals surface area contributed by atoms with E-state index in [9.17, 15) is 4.79 Å². The van der Waals surface area contributed by atoms with Crippen molar-refractivity contribution < 1.29 is 9.21 Å². The quantitative estimate of drug-likeness (QED) is 0.556. The minimum atomic E-state index is -0.176. The number of carbonyl (C=O) groups is 1. The fraction of sp³-hybridized carbons (Fsp3) is 0. The third kappa shape index (κ3) is 3.81. The van der Waals surface area contributed by atoms with Crippen molar-refractivity contribution in [2.24, 2.45) is 4.99 Å². The van der Waals surface area contributed by atoms with E-state index in [0.717, 1.165) is 21.5 Å². The van der Waals surface area contributed by atoms with Crippen molar-refractivity contribution >= 4 is 50.5 Å². The van der Waals surface area contributed by atoms with Crippen LogP contribution < -0.4 is 5.32 Å². The number of nitrogens with one attached hydrogen (secondary N) is 1. The van der Waals surface area contributed by atoms with Crippen LogP contribution in [0.5, 0.6) is 0 Å². The first-order chi connectivity index (χ1) is 12.7. The van der Waals surface area contributed by atoms with Crippen molar-refractivity contribution in [2.45, 2.75) is 0 Å². The van der Waals surface area contributed by atoms with Crippen LogP contribution in [0.3, 0.4) is 0 Å². The molecule has 4 rings (SSSR count). The van der Waals surface area contributed by atoms with E-state index in [2.05, 4.69) is 26.2 Å². The van der Waals surface area contributed by atoms with Crippen LogP contribution in [0.15, 0.2) is 85.5 Å². The van der Waals surface area contributed by atoms with E-state index in [4.69, 9.17) is 4.42 Å². The molecule has 0 bridgehead atoms. The number of hydrogen-bond acceptors (Lipinski definition) is 4. The van der Waals surface area contributed by atoms with Gasteiger partial charge in [0, 0.05) is 16.1 Å². The van der Waals surface area contributed by atoms with E-state index in [1.165, 1.54) is 11.8 Å². The number of halogens is 1. The van der Waals surface area contributed by atoms with Gasteiger partial charge in [-0.25, -0.2) is 4.99 Å². The summed E-state index contributed by atoms with van der Waals surface area (Å²) in [4.78, 5) is 17.2. The highest BCUT2D eigenvalue weighted by Crippen LogP contribution is 2.30. The van der Waals surface area contributed by atoms with Crippen LogP contribution in [0.1, 0.15) is 5.76 Å². The monoisotopic (exact) mass is 424 g/mol. The molecule has 4 nitrogen and oxygen atoms in total. The summed E-state index contributed by atoms with van der Waals surface area (Å²) in [5, 5.41) is 3.34. The second-order valence-corrected chi connectivity index (χ2v) is 7.48. The van der Waals surface area contributed by atoms with E-state index in [0.29, 0.717) is 15.8 Å². The van der Waals surface area contributed by atoms with Crippen LogP contribution in [-0.4, -0.2) is 11.1 Å². The Balaban J connectivity index is 1.55. The highest BCUT2D eigenvalue weighted by atomic mass is 79.9. The maximum Gasteiger partial charge on any atom is 0.264 e. The molecule has 0 unspecified atom stereocenters. The average Bonchev–Trinajstić information content (AvgIpc) is 3.23. The molecule has 0 aliphatic carbocycles. The summed E-state index contributed by atoms with van der Waals surface area (Å²) in [6, 6.07) is 21.1. The molecule has 2 aromatic carbocycles. The molecule has 1 N–H and O–H groups in total. The van der Waals surface area contributed by atoms with Crippen molar-refractivity contribution in [1.82, 2.24) is 5.32 Å². The number of hydrogen-bond donors (Lipinski definition) is 1. The van der Waals surface area contributed by atoms with E-state index in [1.807, 2.05) is 66.7 Å². The number of nitrogens with zero attached hydrogens (tertiary/aromatic N) is 1. The van der Waals surface area contributed by atoms with Crippen molar-refractivity contribution in [3.05, 3.63) is 81.9 Å². The van der Waals surface area contributed by atoms with Crippen LogP contribution in [0.2, 0.25) is 0 Å². The maximum absolute atomic E-state index is 12.2. The fourth-order valence-corrected chi connectivity index (χ4v) is 3.68. The first-order valence-electron chi connectivity index (χ1n) is 7.88. The molecule has 0 atom stereocenters. The van der Waals surface area contributed by atoms with Crippen LogP contribution in [0.25, 0.3) is 17.4 Å². The van der Waals surface area contributed by atoms with Crippen LogP contribution in [0, 0.1) is 0 Å². The van der Waals surface area contributed by atoms with Gasteiger partial charge in [0.2, 0.25) is 0 Å². The molecule has 2 heterocycles. The Morgan fingerprint density at radius 3 is 2.69 bits per heavy atom. The summed E-state index contributed by atoms with van der Waals surface area (Å²) in [7, 11) is 0.